The molecule has 2 rings (SSSR count). The van der Waals surface area contributed by atoms with E-state index < -0.39 is 0 Å². The summed E-state index contributed by atoms with van der Waals surface area (Å²) in [6, 6.07) is 0. The summed E-state index contributed by atoms with van der Waals surface area (Å²) in [5, 5.41) is 0. The second-order valence-electron chi connectivity index (χ2n) is 5.25. The van der Waals surface area contributed by atoms with E-state index >= 15 is 0 Å². The molecule has 0 aliphatic carbocycles. The molecule has 2 aliphatic heterocycles. The Morgan fingerprint density at radius 1 is 1.47 bits per heavy atom. The number of rotatable bonds is 4. The van der Waals surface area contributed by atoms with Crippen LogP contribution in [0.25, 0.3) is 0 Å². The Bertz CT molecular complexity index is 229. The van der Waals surface area contributed by atoms with Gasteiger partial charge in [-0.3, -0.25) is 4.90 Å². The SMILES string of the molecule is CCOC1CCCN(C2(CN)CCCSC2)C1. The maximum Gasteiger partial charge on any atom is 0.0702 e. The minimum Gasteiger partial charge on any atom is -0.377 e. The lowest BCUT2D eigenvalue weighted by atomic mass is 9.90. The molecule has 0 radical (unpaired) electrons. The van der Waals surface area contributed by atoms with Crippen molar-refractivity contribution < 1.29 is 4.74 Å². The summed E-state index contributed by atoms with van der Waals surface area (Å²) < 4.78 is 5.80. The summed E-state index contributed by atoms with van der Waals surface area (Å²) in [5.74, 6) is 2.52. The Balaban J connectivity index is 1.98. The quantitative estimate of drug-likeness (QED) is 0.833. The first-order valence-corrected chi connectivity index (χ1v) is 8.11. The van der Waals surface area contributed by atoms with Crippen molar-refractivity contribution in [1.82, 2.24) is 4.90 Å². The maximum atomic E-state index is 6.09. The van der Waals surface area contributed by atoms with Gasteiger partial charge in [-0.25, -0.2) is 0 Å². The number of likely N-dealkylation sites (tertiary alicyclic amines) is 1. The summed E-state index contributed by atoms with van der Waals surface area (Å²) in [6.07, 6.45) is 5.51. The van der Waals surface area contributed by atoms with Gasteiger partial charge in [-0.2, -0.15) is 11.8 Å². The molecule has 0 aromatic carbocycles. The summed E-state index contributed by atoms with van der Waals surface area (Å²) >= 11 is 2.07. The van der Waals surface area contributed by atoms with Crippen LogP contribution >= 0.6 is 11.8 Å². The molecular weight excluding hydrogens is 232 g/mol. The average Bonchev–Trinajstić information content (AvgIpc) is 2.40. The molecule has 100 valence electrons. The number of piperidine rings is 1. The summed E-state index contributed by atoms with van der Waals surface area (Å²) in [4.78, 5) is 2.63. The van der Waals surface area contributed by atoms with Crippen LogP contribution in [0, 0.1) is 0 Å². The van der Waals surface area contributed by atoms with Gasteiger partial charge >= 0.3 is 0 Å². The van der Waals surface area contributed by atoms with Crippen molar-refractivity contribution in [3.8, 4) is 0 Å². The highest BCUT2D eigenvalue weighted by atomic mass is 32.2. The third-order valence-corrected chi connectivity index (χ3v) is 5.45. The van der Waals surface area contributed by atoms with Crippen LogP contribution in [0.5, 0.6) is 0 Å². The van der Waals surface area contributed by atoms with Crippen LogP contribution in [0.2, 0.25) is 0 Å². The van der Waals surface area contributed by atoms with E-state index in [1.165, 1.54) is 43.7 Å². The Kier molecular flexibility index (Phi) is 5.15. The van der Waals surface area contributed by atoms with E-state index in [-0.39, 0.29) is 5.54 Å². The van der Waals surface area contributed by atoms with E-state index in [9.17, 15) is 0 Å². The van der Waals surface area contributed by atoms with Crippen molar-refractivity contribution in [2.24, 2.45) is 5.73 Å². The number of nitrogens with zero attached hydrogens (tertiary/aromatic N) is 1. The van der Waals surface area contributed by atoms with Crippen molar-refractivity contribution in [2.45, 2.75) is 44.2 Å². The van der Waals surface area contributed by atoms with Crippen molar-refractivity contribution in [3.63, 3.8) is 0 Å². The highest BCUT2D eigenvalue weighted by Gasteiger charge is 2.39. The van der Waals surface area contributed by atoms with E-state index in [0.717, 1.165) is 19.7 Å². The van der Waals surface area contributed by atoms with Crippen molar-refractivity contribution in [2.75, 3.05) is 37.7 Å². The van der Waals surface area contributed by atoms with E-state index in [0.29, 0.717) is 6.10 Å². The molecule has 2 saturated heterocycles. The minimum atomic E-state index is 0.263. The molecule has 2 unspecified atom stereocenters. The van der Waals surface area contributed by atoms with Crippen molar-refractivity contribution >= 4 is 11.8 Å². The monoisotopic (exact) mass is 258 g/mol. The van der Waals surface area contributed by atoms with Gasteiger partial charge < -0.3 is 10.5 Å². The van der Waals surface area contributed by atoms with Gasteiger partial charge in [-0.1, -0.05) is 0 Å². The van der Waals surface area contributed by atoms with Crippen LogP contribution in [-0.4, -0.2) is 54.3 Å². The predicted molar refractivity (Wildman–Crippen MR) is 74.6 cm³/mol. The summed E-state index contributed by atoms with van der Waals surface area (Å²) in [5.41, 5.74) is 6.36. The molecule has 0 aromatic rings. The molecule has 4 heteroatoms. The molecule has 0 bridgehead atoms. The highest BCUT2D eigenvalue weighted by Crippen LogP contribution is 2.33. The largest absolute Gasteiger partial charge is 0.377 e. The predicted octanol–water partition coefficient (Wildman–Crippen LogP) is 1.71. The molecular formula is C13H26N2OS. The molecule has 2 fully saturated rings. The number of thioether (sulfide) groups is 1. The summed E-state index contributed by atoms with van der Waals surface area (Å²) in [7, 11) is 0. The zero-order chi connectivity index (χ0) is 12.1. The molecule has 0 aromatic heterocycles. The van der Waals surface area contributed by atoms with Crippen LogP contribution in [-0.2, 0) is 4.74 Å². The molecule has 17 heavy (non-hydrogen) atoms. The van der Waals surface area contributed by atoms with E-state index in [2.05, 4.69) is 23.6 Å². The lowest BCUT2D eigenvalue weighted by Gasteiger charge is -2.48. The van der Waals surface area contributed by atoms with Crippen molar-refractivity contribution in [1.29, 1.82) is 0 Å². The Morgan fingerprint density at radius 2 is 2.35 bits per heavy atom. The van der Waals surface area contributed by atoms with Crippen LogP contribution in [0.3, 0.4) is 0 Å². The van der Waals surface area contributed by atoms with Crippen molar-refractivity contribution in [3.05, 3.63) is 0 Å². The number of ether oxygens (including phenoxy) is 1. The molecule has 2 N–H and O–H groups in total. The van der Waals surface area contributed by atoms with Crippen LogP contribution < -0.4 is 5.73 Å². The number of hydrogen-bond acceptors (Lipinski definition) is 4. The summed E-state index contributed by atoms with van der Waals surface area (Å²) in [6.45, 7) is 6.03. The highest BCUT2D eigenvalue weighted by molar-refractivity contribution is 7.99. The van der Waals surface area contributed by atoms with E-state index in [1.807, 2.05) is 0 Å². The Hall–Kier alpha value is 0.230. The fraction of sp³-hybridized carbons (Fsp3) is 1.00. The van der Waals surface area contributed by atoms with Gasteiger partial charge in [0.05, 0.1) is 6.10 Å². The second kappa shape index (κ2) is 6.41. The fourth-order valence-electron chi connectivity index (χ4n) is 3.12. The topological polar surface area (TPSA) is 38.5 Å². The van der Waals surface area contributed by atoms with Gasteiger partial charge in [0.25, 0.3) is 0 Å². The normalized spacial score (nSPS) is 36.0. The first kappa shape index (κ1) is 13.7. The van der Waals surface area contributed by atoms with Gasteiger partial charge in [0.1, 0.15) is 0 Å². The van der Waals surface area contributed by atoms with Crippen LogP contribution in [0.1, 0.15) is 32.6 Å². The molecule has 0 amide bonds. The van der Waals surface area contributed by atoms with Gasteiger partial charge in [0.15, 0.2) is 0 Å². The van der Waals surface area contributed by atoms with Gasteiger partial charge in [-0.15, -0.1) is 0 Å². The molecule has 0 saturated carbocycles. The number of nitrogens with two attached hydrogens (primary N) is 1. The van der Waals surface area contributed by atoms with Gasteiger partial charge in [0, 0.05) is 31.0 Å². The van der Waals surface area contributed by atoms with Crippen LogP contribution in [0.15, 0.2) is 0 Å². The second-order valence-corrected chi connectivity index (χ2v) is 6.36. The smallest absolute Gasteiger partial charge is 0.0702 e. The van der Waals surface area contributed by atoms with E-state index in [4.69, 9.17) is 10.5 Å². The Morgan fingerprint density at radius 3 is 3.00 bits per heavy atom. The standard InChI is InChI=1S/C13H26N2OS/c1-2-16-12-5-3-7-15(9-12)13(10-14)6-4-8-17-11-13/h12H,2-11,14H2,1H3. The van der Waals surface area contributed by atoms with E-state index in [1.54, 1.807) is 0 Å². The molecule has 2 heterocycles. The van der Waals surface area contributed by atoms with Crippen LogP contribution in [0.4, 0.5) is 0 Å². The molecule has 2 atom stereocenters. The number of hydrogen-bond donors (Lipinski definition) is 1. The molecule has 0 spiro atoms. The molecule has 3 nitrogen and oxygen atoms in total. The zero-order valence-electron chi connectivity index (χ0n) is 11.0. The third-order valence-electron chi connectivity index (χ3n) is 4.13. The third kappa shape index (κ3) is 3.16. The Labute approximate surface area is 109 Å². The fourth-order valence-corrected chi connectivity index (χ4v) is 4.44. The zero-order valence-corrected chi connectivity index (χ0v) is 11.8. The lowest BCUT2D eigenvalue weighted by Crippen LogP contribution is -2.60. The first-order valence-electron chi connectivity index (χ1n) is 6.95. The minimum absolute atomic E-state index is 0.263. The van der Waals surface area contributed by atoms with Gasteiger partial charge in [0.2, 0.25) is 0 Å². The lowest BCUT2D eigenvalue weighted by molar-refractivity contribution is -0.0295. The van der Waals surface area contributed by atoms with Gasteiger partial charge in [-0.05, 0) is 44.9 Å². The maximum absolute atomic E-state index is 6.09. The average molecular weight is 258 g/mol. The molecule has 2 aliphatic rings. The first-order chi connectivity index (χ1) is 8.30.